The molecule has 0 radical (unpaired) electrons. The Morgan fingerprint density at radius 3 is 2.47 bits per heavy atom. The molecule has 0 bridgehead atoms. The Hall–Kier alpha value is -0.980. The quantitative estimate of drug-likeness (QED) is 0.768. The van der Waals surface area contributed by atoms with Gasteiger partial charge in [-0.15, -0.1) is 0 Å². The number of rotatable bonds is 2. The predicted octanol–water partition coefficient (Wildman–Crippen LogP) is 3.92. The summed E-state index contributed by atoms with van der Waals surface area (Å²) in [5.74, 6) is 1.71. The van der Waals surface area contributed by atoms with Crippen molar-refractivity contribution in [2.24, 2.45) is 11.8 Å². The smallest absolute Gasteiger partial charge is 0.0342 e. The van der Waals surface area contributed by atoms with Gasteiger partial charge in [0.05, 0.1) is 0 Å². The van der Waals surface area contributed by atoms with Crippen LogP contribution in [0.15, 0.2) is 30.3 Å². The molecule has 2 rings (SSSR count). The molecule has 0 heterocycles. The number of hydrogen-bond donors (Lipinski definition) is 1. The first-order valence-electron chi connectivity index (χ1n) is 6.07. The molecule has 1 aliphatic carbocycles. The highest BCUT2D eigenvalue weighted by atomic mass is 14.9. The summed E-state index contributed by atoms with van der Waals surface area (Å²) in [4.78, 5) is 0. The number of hydrogen-bond acceptors (Lipinski definition) is 1. The van der Waals surface area contributed by atoms with Gasteiger partial charge in [0, 0.05) is 11.7 Å². The largest absolute Gasteiger partial charge is 0.382 e. The Kier molecular flexibility index (Phi) is 3.30. The molecule has 1 aromatic rings. The van der Waals surface area contributed by atoms with E-state index in [4.69, 9.17) is 0 Å². The van der Waals surface area contributed by atoms with Crippen LogP contribution in [0.5, 0.6) is 0 Å². The Morgan fingerprint density at radius 2 is 1.80 bits per heavy atom. The molecule has 1 fully saturated rings. The molecule has 1 heteroatoms. The Morgan fingerprint density at radius 1 is 1.07 bits per heavy atom. The van der Waals surface area contributed by atoms with E-state index in [1.165, 1.54) is 24.9 Å². The summed E-state index contributed by atoms with van der Waals surface area (Å²) in [5, 5.41) is 3.65. The lowest BCUT2D eigenvalue weighted by molar-refractivity contribution is 0.276. The van der Waals surface area contributed by atoms with E-state index in [9.17, 15) is 0 Å². The van der Waals surface area contributed by atoms with Gasteiger partial charge in [-0.05, 0) is 43.2 Å². The number of benzene rings is 1. The van der Waals surface area contributed by atoms with Crippen molar-refractivity contribution in [3.63, 3.8) is 0 Å². The average molecular weight is 203 g/mol. The van der Waals surface area contributed by atoms with Crippen LogP contribution in [0.25, 0.3) is 0 Å². The van der Waals surface area contributed by atoms with Crippen LogP contribution >= 0.6 is 0 Å². The van der Waals surface area contributed by atoms with Gasteiger partial charge in [-0.1, -0.05) is 32.0 Å². The fraction of sp³-hybridized carbons (Fsp3) is 0.571. The van der Waals surface area contributed by atoms with Gasteiger partial charge >= 0.3 is 0 Å². The minimum Gasteiger partial charge on any atom is -0.382 e. The van der Waals surface area contributed by atoms with Crippen molar-refractivity contribution in [3.05, 3.63) is 30.3 Å². The Bertz CT molecular complexity index is 293. The van der Waals surface area contributed by atoms with Gasteiger partial charge in [-0.2, -0.15) is 0 Å². The monoisotopic (exact) mass is 203 g/mol. The van der Waals surface area contributed by atoms with Crippen molar-refractivity contribution >= 4 is 5.69 Å². The van der Waals surface area contributed by atoms with Gasteiger partial charge in [0.15, 0.2) is 0 Å². The highest BCUT2D eigenvalue weighted by molar-refractivity contribution is 5.43. The number of anilines is 1. The molecule has 1 saturated carbocycles. The number of para-hydroxylation sites is 1. The third kappa shape index (κ3) is 2.74. The van der Waals surface area contributed by atoms with Crippen LogP contribution in [0.3, 0.4) is 0 Å². The average Bonchev–Trinajstić information content (AvgIpc) is 2.24. The molecule has 82 valence electrons. The molecule has 1 N–H and O–H groups in total. The lowest BCUT2D eigenvalue weighted by Crippen LogP contribution is -2.32. The van der Waals surface area contributed by atoms with E-state index in [2.05, 4.69) is 49.5 Å². The summed E-state index contributed by atoms with van der Waals surface area (Å²) in [5.41, 5.74) is 1.27. The Balaban J connectivity index is 1.95. The minimum absolute atomic E-state index is 0.670. The maximum atomic E-state index is 3.65. The minimum atomic E-state index is 0.670. The molecule has 1 nitrogen and oxygen atoms in total. The van der Waals surface area contributed by atoms with Gasteiger partial charge in [0.1, 0.15) is 0 Å². The zero-order valence-electron chi connectivity index (χ0n) is 9.74. The van der Waals surface area contributed by atoms with E-state index in [0.29, 0.717) is 6.04 Å². The summed E-state index contributed by atoms with van der Waals surface area (Å²) >= 11 is 0. The second-order valence-corrected chi connectivity index (χ2v) is 5.01. The summed E-state index contributed by atoms with van der Waals surface area (Å²) < 4.78 is 0. The normalized spacial score (nSPS) is 31.2. The summed E-state index contributed by atoms with van der Waals surface area (Å²) in [6.07, 6.45) is 4.05. The van der Waals surface area contributed by atoms with Gasteiger partial charge in [0.2, 0.25) is 0 Å². The van der Waals surface area contributed by atoms with Gasteiger partial charge in [-0.25, -0.2) is 0 Å². The lowest BCUT2D eigenvalue weighted by Gasteiger charge is -2.33. The molecule has 0 saturated heterocycles. The van der Waals surface area contributed by atoms with Crippen LogP contribution in [0.2, 0.25) is 0 Å². The fourth-order valence-corrected chi connectivity index (χ4v) is 2.63. The van der Waals surface area contributed by atoms with Crippen LogP contribution in [0.1, 0.15) is 33.1 Å². The number of nitrogens with one attached hydrogen (secondary N) is 1. The van der Waals surface area contributed by atoms with Crippen molar-refractivity contribution in [2.45, 2.75) is 39.2 Å². The Labute approximate surface area is 92.9 Å². The molecule has 0 aromatic heterocycles. The van der Waals surface area contributed by atoms with E-state index in [-0.39, 0.29) is 0 Å². The standard InChI is InChI=1S/C14H21N/c1-11-8-9-14(12(2)10-11)15-13-6-4-3-5-7-13/h3-7,11-12,14-15H,8-10H2,1-2H3. The molecule has 1 aliphatic rings. The lowest BCUT2D eigenvalue weighted by atomic mass is 9.80. The van der Waals surface area contributed by atoms with Crippen LogP contribution in [0, 0.1) is 11.8 Å². The topological polar surface area (TPSA) is 12.0 Å². The van der Waals surface area contributed by atoms with Gasteiger partial charge in [-0.3, -0.25) is 0 Å². The van der Waals surface area contributed by atoms with Crippen molar-refractivity contribution in [3.8, 4) is 0 Å². The fourth-order valence-electron chi connectivity index (χ4n) is 2.63. The van der Waals surface area contributed by atoms with Crippen molar-refractivity contribution in [1.29, 1.82) is 0 Å². The maximum Gasteiger partial charge on any atom is 0.0342 e. The second-order valence-electron chi connectivity index (χ2n) is 5.01. The van der Waals surface area contributed by atoms with Crippen LogP contribution < -0.4 is 5.32 Å². The van der Waals surface area contributed by atoms with E-state index in [1.54, 1.807) is 0 Å². The highest BCUT2D eigenvalue weighted by Gasteiger charge is 2.24. The SMILES string of the molecule is CC1CCC(Nc2ccccc2)C(C)C1. The first-order chi connectivity index (χ1) is 7.25. The molecule has 3 unspecified atom stereocenters. The van der Waals surface area contributed by atoms with Crippen LogP contribution in [-0.4, -0.2) is 6.04 Å². The van der Waals surface area contributed by atoms with Crippen molar-refractivity contribution in [1.82, 2.24) is 0 Å². The molecule has 3 atom stereocenters. The molecule has 0 spiro atoms. The molecule has 0 amide bonds. The van der Waals surface area contributed by atoms with E-state index in [1.807, 2.05) is 0 Å². The second kappa shape index (κ2) is 4.69. The zero-order valence-corrected chi connectivity index (χ0v) is 9.74. The molecule has 1 aromatic carbocycles. The first kappa shape index (κ1) is 10.5. The highest BCUT2D eigenvalue weighted by Crippen LogP contribution is 2.30. The summed E-state index contributed by atoms with van der Waals surface area (Å²) in [6.45, 7) is 4.74. The van der Waals surface area contributed by atoms with E-state index in [0.717, 1.165) is 11.8 Å². The molecule has 15 heavy (non-hydrogen) atoms. The van der Waals surface area contributed by atoms with Crippen molar-refractivity contribution in [2.75, 3.05) is 5.32 Å². The predicted molar refractivity (Wildman–Crippen MR) is 66.0 cm³/mol. The van der Waals surface area contributed by atoms with E-state index < -0.39 is 0 Å². The summed E-state index contributed by atoms with van der Waals surface area (Å²) in [7, 11) is 0. The molecule has 0 aliphatic heterocycles. The third-order valence-corrected chi connectivity index (χ3v) is 3.56. The van der Waals surface area contributed by atoms with Gasteiger partial charge < -0.3 is 5.32 Å². The third-order valence-electron chi connectivity index (χ3n) is 3.56. The van der Waals surface area contributed by atoms with Crippen LogP contribution in [-0.2, 0) is 0 Å². The molecular formula is C14H21N. The van der Waals surface area contributed by atoms with E-state index >= 15 is 0 Å². The summed E-state index contributed by atoms with van der Waals surface area (Å²) in [6, 6.07) is 11.2. The zero-order chi connectivity index (χ0) is 10.7. The maximum absolute atomic E-state index is 3.65. The first-order valence-corrected chi connectivity index (χ1v) is 6.07. The van der Waals surface area contributed by atoms with Crippen molar-refractivity contribution < 1.29 is 0 Å². The van der Waals surface area contributed by atoms with Gasteiger partial charge in [0.25, 0.3) is 0 Å². The molecular weight excluding hydrogens is 182 g/mol. The van der Waals surface area contributed by atoms with Crippen LogP contribution in [0.4, 0.5) is 5.69 Å².